The third kappa shape index (κ3) is 4.06. The zero-order chi connectivity index (χ0) is 20.3. The molecule has 0 spiro atoms. The zero-order valence-corrected chi connectivity index (χ0v) is 16.6. The molecule has 0 radical (unpaired) electrons. The number of hydrogen-bond donors (Lipinski definition) is 0. The van der Waals surface area contributed by atoms with Crippen molar-refractivity contribution < 1.29 is 28.6 Å². The number of fused-ring (bicyclic) bond motifs is 3. The summed E-state index contributed by atoms with van der Waals surface area (Å²) in [6.07, 6.45) is -0.149. The Morgan fingerprint density at radius 1 is 0.933 bits per heavy atom. The van der Waals surface area contributed by atoms with Gasteiger partial charge in [-0.15, -0.1) is 0 Å². The highest BCUT2D eigenvalue weighted by Crippen LogP contribution is 2.41. The van der Waals surface area contributed by atoms with Gasteiger partial charge in [0, 0.05) is 0 Å². The fourth-order valence-corrected chi connectivity index (χ4v) is 4.39. The van der Waals surface area contributed by atoms with Gasteiger partial charge in [0.25, 0.3) is 6.29 Å². The maximum absolute atomic E-state index is 11.4. The van der Waals surface area contributed by atoms with Gasteiger partial charge in [-0.2, -0.15) is 5.06 Å². The monoisotopic (exact) mass is 411 g/mol. The van der Waals surface area contributed by atoms with Gasteiger partial charge in [0.1, 0.15) is 0 Å². The van der Waals surface area contributed by atoms with Crippen LogP contribution in [0.5, 0.6) is 0 Å². The molecule has 2 aromatic carbocycles. The van der Waals surface area contributed by atoms with Gasteiger partial charge in [0.15, 0.2) is 6.10 Å². The Balaban J connectivity index is 1.25. The van der Waals surface area contributed by atoms with Crippen molar-refractivity contribution in [3.8, 4) is 0 Å². The molecule has 3 saturated heterocycles. The molecule has 3 aliphatic heterocycles. The quantitative estimate of drug-likeness (QED) is 0.617. The van der Waals surface area contributed by atoms with E-state index in [4.69, 9.17) is 23.8 Å². The molecule has 0 aromatic heterocycles. The Morgan fingerprint density at radius 3 is 2.37 bits per heavy atom. The van der Waals surface area contributed by atoms with E-state index in [9.17, 15) is 4.79 Å². The first-order chi connectivity index (χ1) is 14.8. The molecule has 0 unspecified atom stereocenters. The molecule has 0 aliphatic carbocycles. The van der Waals surface area contributed by atoms with Crippen LogP contribution in [0.1, 0.15) is 24.0 Å². The van der Waals surface area contributed by atoms with Crippen molar-refractivity contribution in [1.29, 1.82) is 0 Å². The molecule has 3 aliphatic rings. The fraction of sp³-hybridized carbons (Fsp3) is 0.435. The third-order valence-corrected chi connectivity index (χ3v) is 5.86. The van der Waals surface area contributed by atoms with Gasteiger partial charge in [-0.1, -0.05) is 60.7 Å². The Hall–Kier alpha value is -2.45. The molecule has 0 bridgehead atoms. The van der Waals surface area contributed by atoms with E-state index in [0.717, 1.165) is 24.0 Å². The first kappa shape index (κ1) is 19.5. The van der Waals surface area contributed by atoms with Gasteiger partial charge in [-0.05, 0) is 24.0 Å². The summed E-state index contributed by atoms with van der Waals surface area (Å²) in [7, 11) is 0. The Labute approximate surface area is 175 Å². The van der Waals surface area contributed by atoms with E-state index in [1.807, 2.05) is 65.7 Å². The summed E-state index contributed by atoms with van der Waals surface area (Å²) < 4.78 is 22.7. The number of carbonyl (C=O) groups is 1. The highest BCUT2D eigenvalue weighted by atomic mass is 16.9. The van der Waals surface area contributed by atoms with E-state index in [1.165, 1.54) is 0 Å². The van der Waals surface area contributed by atoms with Crippen LogP contribution in [0.15, 0.2) is 60.7 Å². The summed E-state index contributed by atoms with van der Waals surface area (Å²) in [5, 5.41) is 1.91. The Kier molecular flexibility index (Phi) is 5.68. The van der Waals surface area contributed by atoms with E-state index in [0.29, 0.717) is 19.8 Å². The lowest BCUT2D eigenvalue weighted by atomic mass is 10.1. The summed E-state index contributed by atoms with van der Waals surface area (Å²) in [6, 6.07) is 20.2. The van der Waals surface area contributed by atoms with Crippen molar-refractivity contribution in [1.82, 2.24) is 5.06 Å². The lowest BCUT2D eigenvalue weighted by molar-refractivity contribution is -0.244. The summed E-state index contributed by atoms with van der Waals surface area (Å²) in [6.45, 7) is 1.46. The van der Waals surface area contributed by atoms with Crippen molar-refractivity contribution in [3.05, 3.63) is 71.8 Å². The Bertz CT molecular complexity index is 847. The average Bonchev–Trinajstić information content (AvgIpc) is 3.43. The molecule has 5 atom stereocenters. The molecule has 0 N–H and O–H groups in total. The molecule has 158 valence electrons. The number of hydrogen-bond acceptors (Lipinski definition) is 7. The smallest absolute Gasteiger partial charge is 0.422 e. The van der Waals surface area contributed by atoms with E-state index in [-0.39, 0.29) is 24.3 Å². The van der Waals surface area contributed by atoms with Crippen LogP contribution >= 0.6 is 0 Å². The molecule has 3 heterocycles. The second kappa shape index (κ2) is 8.73. The van der Waals surface area contributed by atoms with Gasteiger partial charge in [-0.3, -0.25) is 0 Å². The maximum Gasteiger partial charge on any atom is 0.511 e. The molecule has 30 heavy (non-hydrogen) atoms. The summed E-state index contributed by atoms with van der Waals surface area (Å²) in [5.74, 6) is 0. The average molecular weight is 411 g/mol. The maximum atomic E-state index is 11.4. The molecule has 7 heteroatoms. The molecule has 3 fully saturated rings. The van der Waals surface area contributed by atoms with Crippen molar-refractivity contribution in [2.24, 2.45) is 0 Å². The van der Waals surface area contributed by atoms with Crippen molar-refractivity contribution in [2.75, 3.05) is 6.61 Å². The predicted molar refractivity (Wildman–Crippen MR) is 106 cm³/mol. The van der Waals surface area contributed by atoms with Gasteiger partial charge < -0.3 is 18.9 Å². The van der Waals surface area contributed by atoms with Crippen LogP contribution in [0.4, 0.5) is 4.79 Å². The van der Waals surface area contributed by atoms with Crippen molar-refractivity contribution >= 4 is 6.16 Å². The summed E-state index contributed by atoms with van der Waals surface area (Å²) >= 11 is 0. The minimum atomic E-state index is -0.662. The van der Waals surface area contributed by atoms with Crippen molar-refractivity contribution in [2.45, 2.75) is 56.6 Å². The van der Waals surface area contributed by atoms with Gasteiger partial charge in [0.2, 0.25) is 0 Å². The van der Waals surface area contributed by atoms with Crippen LogP contribution in [0, 0.1) is 0 Å². The number of rotatable bonds is 8. The number of ether oxygens (including phenoxy) is 4. The summed E-state index contributed by atoms with van der Waals surface area (Å²) in [4.78, 5) is 17.3. The topological polar surface area (TPSA) is 66.5 Å². The van der Waals surface area contributed by atoms with Crippen LogP contribution < -0.4 is 0 Å². The number of carbonyl (C=O) groups excluding carboxylic acids is 1. The molecule has 5 rings (SSSR count). The highest BCUT2D eigenvalue weighted by molar-refractivity contribution is 5.62. The zero-order valence-electron chi connectivity index (χ0n) is 16.6. The summed E-state index contributed by atoms with van der Waals surface area (Å²) in [5.41, 5.74) is 2.23. The number of hydroxylamine groups is 2. The molecule has 2 aromatic rings. The van der Waals surface area contributed by atoms with Crippen LogP contribution in [0.25, 0.3) is 0 Å². The minimum absolute atomic E-state index is 0.00221. The molecular formula is C23H25NO6. The lowest BCUT2D eigenvalue weighted by Gasteiger charge is -2.30. The normalized spacial score (nSPS) is 28.6. The molecule has 0 amide bonds. The number of benzene rings is 2. The highest BCUT2D eigenvalue weighted by Gasteiger charge is 2.58. The van der Waals surface area contributed by atoms with Crippen LogP contribution in [0.2, 0.25) is 0 Å². The van der Waals surface area contributed by atoms with E-state index in [1.54, 1.807) is 0 Å². The second-order valence-electron chi connectivity index (χ2n) is 7.83. The van der Waals surface area contributed by atoms with Crippen LogP contribution in [0.3, 0.4) is 0 Å². The van der Waals surface area contributed by atoms with E-state index in [2.05, 4.69) is 0 Å². The molecular weight excluding hydrogens is 386 g/mol. The second-order valence-corrected chi connectivity index (χ2v) is 7.83. The number of nitrogens with zero attached hydrogens (tertiary/aromatic N) is 1. The Morgan fingerprint density at radius 2 is 1.63 bits per heavy atom. The van der Waals surface area contributed by atoms with Gasteiger partial charge in [0.05, 0.1) is 38.0 Å². The SMILES string of the molecule is O=C1O[C@@H]2ON3[C@@H](CC[C@H]3[C@@H](COCc3ccccc3)OCc3ccccc3)[C@@H]2O1. The van der Waals surface area contributed by atoms with Gasteiger partial charge in [-0.25, -0.2) is 9.63 Å². The van der Waals surface area contributed by atoms with Crippen LogP contribution in [-0.2, 0) is 37.0 Å². The lowest BCUT2D eigenvalue weighted by Crippen LogP contribution is -2.44. The predicted octanol–water partition coefficient (Wildman–Crippen LogP) is 3.43. The standard InChI is InChI=1S/C23H25NO6/c25-23-28-21-19-12-11-18(24(19)30-22(21)29-23)20(27-14-17-9-5-2-6-10-17)15-26-13-16-7-3-1-4-8-16/h1-10,18-22H,11-15H2/t18-,19-,20+,21-,22+/m0/s1. The molecule has 0 saturated carbocycles. The minimum Gasteiger partial charge on any atom is -0.422 e. The first-order valence-electron chi connectivity index (χ1n) is 10.4. The van der Waals surface area contributed by atoms with E-state index < -0.39 is 12.4 Å². The fourth-order valence-electron chi connectivity index (χ4n) is 4.39. The van der Waals surface area contributed by atoms with E-state index >= 15 is 0 Å². The largest absolute Gasteiger partial charge is 0.511 e. The molecule has 7 nitrogen and oxygen atoms in total. The van der Waals surface area contributed by atoms with Crippen molar-refractivity contribution in [3.63, 3.8) is 0 Å². The third-order valence-electron chi connectivity index (χ3n) is 5.86. The van der Waals surface area contributed by atoms with Gasteiger partial charge >= 0.3 is 6.16 Å². The first-order valence-corrected chi connectivity index (χ1v) is 10.4. The van der Waals surface area contributed by atoms with Crippen LogP contribution in [-0.4, -0.2) is 48.4 Å².